The van der Waals surface area contributed by atoms with Crippen molar-refractivity contribution in [1.82, 2.24) is 15.2 Å². The number of nitrogens with one attached hydrogen (secondary N) is 1. The predicted octanol–water partition coefficient (Wildman–Crippen LogP) is 1.84. The van der Waals surface area contributed by atoms with Crippen molar-refractivity contribution in [1.29, 1.82) is 0 Å². The van der Waals surface area contributed by atoms with Gasteiger partial charge in [0.25, 0.3) is 5.91 Å². The van der Waals surface area contributed by atoms with Crippen molar-refractivity contribution in [2.24, 2.45) is 0 Å². The minimum absolute atomic E-state index is 0.157. The molecule has 0 bridgehead atoms. The second-order valence-electron chi connectivity index (χ2n) is 5.61. The lowest BCUT2D eigenvalue weighted by Crippen LogP contribution is -2.50. The number of nitrogens with zero attached hydrogens (tertiary/aromatic N) is 2. The second-order valence-corrected chi connectivity index (χ2v) is 5.61. The summed E-state index contributed by atoms with van der Waals surface area (Å²) in [6.45, 7) is 0.328. The van der Waals surface area contributed by atoms with Crippen LogP contribution in [-0.2, 0) is 11.3 Å². The van der Waals surface area contributed by atoms with Crippen molar-refractivity contribution >= 4 is 11.9 Å². The maximum absolute atomic E-state index is 12.3. The molecule has 2 fully saturated rings. The zero-order valence-corrected chi connectivity index (χ0v) is 12.1. The molecule has 0 aromatic carbocycles. The molecular formula is C15H19N3O3. The molecule has 1 saturated carbocycles. The van der Waals surface area contributed by atoms with Gasteiger partial charge in [0.15, 0.2) is 0 Å². The fourth-order valence-electron chi connectivity index (χ4n) is 3.28. The third-order valence-electron chi connectivity index (χ3n) is 4.40. The van der Waals surface area contributed by atoms with Gasteiger partial charge in [0.05, 0.1) is 19.3 Å². The van der Waals surface area contributed by atoms with Crippen molar-refractivity contribution in [2.45, 2.75) is 44.2 Å². The first-order chi connectivity index (χ1) is 10.2. The molecule has 3 rings (SSSR count). The highest BCUT2D eigenvalue weighted by atomic mass is 16.5. The van der Waals surface area contributed by atoms with Gasteiger partial charge in [0.2, 0.25) is 5.88 Å². The normalized spacial score (nSPS) is 20.7. The van der Waals surface area contributed by atoms with Crippen LogP contribution in [0.5, 0.6) is 5.88 Å². The van der Waals surface area contributed by atoms with Gasteiger partial charge in [-0.05, 0) is 18.9 Å². The van der Waals surface area contributed by atoms with E-state index in [1.54, 1.807) is 18.1 Å². The van der Waals surface area contributed by atoms with E-state index in [9.17, 15) is 9.59 Å². The Hall–Kier alpha value is -2.11. The van der Waals surface area contributed by atoms with E-state index in [0.29, 0.717) is 12.4 Å². The minimum Gasteiger partial charge on any atom is -0.481 e. The number of rotatable bonds is 3. The molecule has 1 N–H and O–H groups in total. The SMILES string of the molecule is COc1cccc(CN2C(=O)NC(=O)C23CCCCC3)n1. The van der Waals surface area contributed by atoms with Crippen LogP contribution in [0.4, 0.5) is 4.79 Å². The van der Waals surface area contributed by atoms with Crippen molar-refractivity contribution < 1.29 is 14.3 Å². The molecule has 1 aromatic rings. The Balaban J connectivity index is 1.87. The number of pyridine rings is 1. The molecular weight excluding hydrogens is 270 g/mol. The molecule has 1 aliphatic heterocycles. The highest BCUT2D eigenvalue weighted by Gasteiger charge is 2.52. The lowest BCUT2D eigenvalue weighted by molar-refractivity contribution is -0.128. The molecule has 1 spiro atoms. The number of methoxy groups -OCH3 is 1. The minimum atomic E-state index is -0.680. The van der Waals surface area contributed by atoms with Crippen molar-refractivity contribution in [3.05, 3.63) is 23.9 Å². The summed E-state index contributed by atoms with van der Waals surface area (Å²) < 4.78 is 5.11. The van der Waals surface area contributed by atoms with Crippen LogP contribution in [-0.4, -0.2) is 34.5 Å². The zero-order chi connectivity index (χ0) is 14.9. The number of ether oxygens (including phenoxy) is 1. The summed E-state index contributed by atoms with van der Waals surface area (Å²) in [4.78, 5) is 30.4. The first-order valence-electron chi connectivity index (χ1n) is 7.29. The number of carbonyl (C=O) groups excluding carboxylic acids is 2. The van der Waals surface area contributed by atoms with E-state index in [2.05, 4.69) is 10.3 Å². The fourth-order valence-corrected chi connectivity index (χ4v) is 3.28. The molecule has 2 aliphatic rings. The van der Waals surface area contributed by atoms with E-state index in [-0.39, 0.29) is 11.9 Å². The van der Waals surface area contributed by atoms with Crippen LogP contribution in [0.3, 0.4) is 0 Å². The third-order valence-corrected chi connectivity index (χ3v) is 4.40. The van der Waals surface area contributed by atoms with Gasteiger partial charge in [-0.1, -0.05) is 25.3 Å². The van der Waals surface area contributed by atoms with Crippen molar-refractivity contribution in [3.63, 3.8) is 0 Å². The Morgan fingerprint density at radius 3 is 2.76 bits per heavy atom. The van der Waals surface area contributed by atoms with E-state index in [0.717, 1.165) is 37.8 Å². The molecule has 0 unspecified atom stereocenters. The van der Waals surface area contributed by atoms with Gasteiger partial charge >= 0.3 is 6.03 Å². The van der Waals surface area contributed by atoms with Crippen molar-refractivity contribution in [2.75, 3.05) is 7.11 Å². The average Bonchev–Trinajstić information content (AvgIpc) is 2.73. The largest absolute Gasteiger partial charge is 0.481 e. The summed E-state index contributed by atoms with van der Waals surface area (Å²) >= 11 is 0. The molecule has 2 heterocycles. The highest BCUT2D eigenvalue weighted by molar-refractivity contribution is 6.07. The quantitative estimate of drug-likeness (QED) is 0.862. The van der Waals surface area contributed by atoms with Gasteiger partial charge in [-0.2, -0.15) is 0 Å². The predicted molar refractivity (Wildman–Crippen MR) is 75.7 cm³/mol. The molecule has 0 radical (unpaired) electrons. The van der Waals surface area contributed by atoms with E-state index in [4.69, 9.17) is 4.74 Å². The molecule has 112 valence electrons. The summed E-state index contributed by atoms with van der Waals surface area (Å²) in [6.07, 6.45) is 4.53. The van der Waals surface area contributed by atoms with Crippen LogP contribution in [0, 0.1) is 0 Å². The number of hydrogen-bond donors (Lipinski definition) is 1. The fraction of sp³-hybridized carbons (Fsp3) is 0.533. The van der Waals surface area contributed by atoms with Crippen LogP contribution in [0.25, 0.3) is 0 Å². The molecule has 21 heavy (non-hydrogen) atoms. The van der Waals surface area contributed by atoms with E-state index in [1.807, 2.05) is 12.1 Å². The molecule has 1 aliphatic carbocycles. The Kier molecular flexibility index (Phi) is 3.53. The molecule has 6 nitrogen and oxygen atoms in total. The van der Waals surface area contributed by atoms with Crippen LogP contribution in [0.15, 0.2) is 18.2 Å². The summed E-state index contributed by atoms with van der Waals surface area (Å²) in [5, 5.41) is 2.47. The van der Waals surface area contributed by atoms with Gasteiger partial charge in [0.1, 0.15) is 5.54 Å². The van der Waals surface area contributed by atoms with Gasteiger partial charge in [-0.3, -0.25) is 10.1 Å². The van der Waals surface area contributed by atoms with Crippen LogP contribution in [0.2, 0.25) is 0 Å². The topological polar surface area (TPSA) is 71.5 Å². The number of carbonyl (C=O) groups is 2. The van der Waals surface area contributed by atoms with Gasteiger partial charge in [0, 0.05) is 6.07 Å². The summed E-state index contributed by atoms with van der Waals surface area (Å²) in [5.41, 5.74) is 0.0456. The van der Waals surface area contributed by atoms with Crippen molar-refractivity contribution in [3.8, 4) is 5.88 Å². The first-order valence-corrected chi connectivity index (χ1v) is 7.29. The zero-order valence-electron chi connectivity index (χ0n) is 12.1. The number of urea groups is 1. The number of amides is 3. The molecule has 3 amide bonds. The summed E-state index contributed by atoms with van der Waals surface area (Å²) in [6, 6.07) is 5.13. The molecule has 1 aromatic heterocycles. The third kappa shape index (κ3) is 2.34. The van der Waals surface area contributed by atoms with E-state index < -0.39 is 5.54 Å². The smallest absolute Gasteiger partial charge is 0.325 e. The Labute approximate surface area is 123 Å². The maximum atomic E-state index is 12.3. The molecule has 6 heteroatoms. The standard InChI is InChI=1S/C15H19N3O3/c1-21-12-7-5-6-11(16-12)10-18-14(20)17-13(19)15(18)8-3-2-4-9-15/h5-7H,2-4,8-10H2,1H3,(H,17,19,20). The van der Waals surface area contributed by atoms with Crippen LogP contribution in [0.1, 0.15) is 37.8 Å². The number of hydrogen-bond acceptors (Lipinski definition) is 4. The summed E-state index contributed by atoms with van der Waals surface area (Å²) in [5.74, 6) is 0.353. The Bertz CT molecular complexity index is 567. The number of imide groups is 1. The van der Waals surface area contributed by atoms with Gasteiger partial charge in [-0.25, -0.2) is 9.78 Å². The monoisotopic (exact) mass is 289 g/mol. The Morgan fingerprint density at radius 1 is 1.29 bits per heavy atom. The second kappa shape index (κ2) is 5.35. The van der Waals surface area contributed by atoms with E-state index >= 15 is 0 Å². The van der Waals surface area contributed by atoms with Gasteiger partial charge in [-0.15, -0.1) is 0 Å². The van der Waals surface area contributed by atoms with Crippen LogP contribution < -0.4 is 10.1 Å². The summed E-state index contributed by atoms with van der Waals surface area (Å²) in [7, 11) is 1.56. The van der Waals surface area contributed by atoms with E-state index in [1.165, 1.54) is 0 Å². The Morgan fingerprint density at radius 2 is 2.05 bits per heavy atom. The van der Waals surface area contributed by atoms with Gasteiger partial charge < -0.3 is 9.64 Å². The maximum Gasteiger partial charge on any atom is 0.325 e. The van der Waals surface area contributed by atoms with Crippen LogP contribution >= 0.6 is 0 Å². The lowest BCUT2D eigenvalue weighted by Gasteiger charge is -2.38. The number of aromatic nitrogens is 1. The first kappa shape index (κ1) is 13.9. The average molecular weight is 289 g/mol. The molecule has 1 saturated heterocycles. The molecule has 0 atom stereocenters. The highest BCUT2D eigenvalue weighted by Crippen LogP contribution is 2.37. The lowest BCUT2D eigenvalue weighted by atomic mass is 9.80.